The molecule has 0 amide bonds. The fraction of sp³-hybridized carbons (Fsp3) is 0.0690. The molecule has 0 fully saturated rings. The molecule has 7 heteroatoms. The van der Waals surface area contributed by atoms with E-state index in [4.69, 9.17) is 16.3 Å². The second-order valence-corrected chi connectivity index (χ2v) is 9.76. The van der Waals surface area contributed by atoms with Crippen molar-refractivity contribution in [3.8, 4) is 23.0 Å². The van der Waals surface area contributed by atoms with E-state index in [1.165, 1.54) is 6.07 Å². The predicted molar refractivity (Wildman–Crippen MR) is 145 cm³/mol. The Morgan fingerprint density at radius 2 is 1.56 bits per heavy atom. The maximum Gasteiger partial charge on any atom is 0.238 e. The summed E-state index contributed by atoms with van der Waals surface area (Å²) in [5.41, 5.74) is 10.5. The Kier molecular flexibility index (Phi) is 7.50. The first-order valence-corrected chi connectivity index (χ1v) is 12.8. The number of nitrogens with one attached hydrogen (secondary N) is 1. The second kappa shape index (κ2) is 10.9. The summed E-state index contributed by atoms with van der Waals surface area (Å²) in [6, 6.07) is 31.7. The van der Waals surface area contributed by atoms with Gasteiger partial charge >= 0.3 is 0 Å². The molecule has 180 valence electrons. The Morgan fingerprint density at radius 3 is 2.25 bits per heavy atom. The molecule has 0 atom stereocenters. The Bertz CT molecular complexity index is 1540. The van der Waals surface area contributed by atoms with Gasteiger partial charge in [-0.1, -0.05) is 84.6 Å². The Morgan fingerprint density at radius 1 is 0.861 bits per heavy atom. The number of amidine groups is 1. The van der Waals surface area contributed by atoms with Crippen molar-refractivity contribution in [2.45, 2.75) is 11.4 Å². The monoisotopic (exact) mass is 494 g/mol. The fourth-order valence-electron chi connectivity index (χ4n) is 3.84. The van der Waals surface area contributed by atoms with Gasteiger partial charge in [-0.25, -0.2) is 13.6 Å². The average Bonchev–Trinajstić information content (AvgIpc) is 2.89. The summed E-state index contributed by atoms with van der Waals surface area (Å²) in [5.74, 6) is 6.45. The number of primary sulfonamides is 1. The first-order valence-electron chi connectivity index (χ1n) is 11.3. The quantitative estimate of drug-likeness (QED) is 0.201. The van der Waals surface area contributed by atoms with Crippen LogP contribution in [0, 0.1) is 17.3 Å². The maximum absolute atomic E-state index is 11.9. The molecule has 0 aromatic heterocycles. The summed E-state index contributed by atoms with van der Waals surface area (Å²) < 4.78 is 23.9. The van der Waals surface area contributed by atoms with Crippen molar-refractivity contribution < 1.29 is 8.42 Å². The lowest BCUT2D eigenvalue weighted by Gasteiger charge is -2.23. The highest BCUT2D eigenvalue weighted by Crippen LogP contribution is 2.26. The van der Waals surface area contributed by atoms with Crippen molar-refractivity contribution >= 4 is 21.5 Å². The van der Waals surface area contributed by atoms with E-state index in [0.29, 0.717) is 24.2 Å². The molecular formula is C29H26N4O2S. The normalized spacial score (nSPS) is 10.8. The average molecular weight is 495 g/mol. The largest absolute Gasteiger partial charge is 0.384 e. The van der Waals surface area contributed by atoms with Gasteiger partial charge in [0.2, 0.25) is 10.0 Å². The molecule has 0 saturated heterocycles. The molecule has 0 aliphatic carbocycles. The molecule has 4 aromatic rings. The van der Waals surface area contributed by atoms with E-state index in [-0.39, 0.29) is 10.7 Å². The number of sulfonamides is 1. The van der Waals surface area contributed by atoms with E-state index in [1.54, 1.807) is 18.2 Å². The number of anilines is 1. The van der Waals surface area contributed by atoms with Crippen molar-refractivity contribution in [2.24, 2.45) is 10.9 Å². The fourth-order valence-corrected chi connectivity index (χ4v) is 4.60. The van der Waals surface area contributed by atoms with Gasteiger partial charge in [-0.05, 0) is 41.5 Å². The smallest absolute Gasteiger partial charge is 0.238 e. The van der Waals surface area contributed by atoms with Gasteiger partial charge in [0, 0.05) is 28.9 Å². The molecule has 0 radical (unpaired) electrons. The summed E-state index contributed by atoms with van der Waals surface area (Å²) in [7, 11) is -3.83. The van der Waals surface area contributed by atoms with Crippen molar-refractivity contribution in [2.75, 3.05) is 11.4 Å². The third-order valence-corrected chi connectivity index (χ3v) is 6.60. The van der Waals surface area contributed by atoms with Crippen molar-refractivity contribution in [1.82, 2.24) is 0 Å². The van der Waals surface area contributed by atoms with Crippen LogP contribution in [-0.2, 0) is 16.6 Å². The SMILES string of the molecule is N=C(N)c1cccc(N(CC#Cc2ccc(-c3ccccc3S(N)(=O)=O)cc2)Cc2ccccc2)c1. The van der Waals surface area contributed by atoms with Gasteiger partial charge in [0.15, 0.2) is 0 Å². The highest BCUT2D eigenvalue weighted by molar-refractivity contribution is 7.89. The maximum atomic E-state index is 11.9. The van der Waals surface area contributed by atoms with Crippen LogP contribution < -0.4 is 15.8 Å². The van der Waals surface area contributed by atoms with Crippen molar-refractivity contribution in [3.05, 3.63) is 120 Å². The molecule has 6 nitrogen and oxygen atoms in total. The van der Waals surface area contributed by atoms with E-state index in [1.807, 2.05) is 66.7 Å². The third-order valence-electron chi connectivity index (χ3n) is 5.63. The first-order chi connectivity index (χ1) is 17.3. The molecule has 0 unspecified atom stereocenters. The highest BCUT2D eigenvalue weighted by atomic mass is 32.2. The van der Waals surface area contributed by atoms with Gasteiger partial charge in [-0.3, -0.25) is 5.41 Å². The Balaban J connectivity index is 1.57. The second-order valence-electron chi connectivity index (χ2n) is 8.23. The lowest BCUT2D eigenvalue weighted by molar-refractivity contribution is 0.598. The minimum absolute atomic E-state index is 0.0201. The number of nitrogens with zero attached hydrogens (tertiary/aromatic N) is 1. The van der Waals surface area contributed by atoms with Crippen LogP contribution in [0.1, 0.15) is 16.7 Å². The number of rotatable bonds is 7. The lowest BCUT2D eigenvalue weighted by atomic mass is 10.0. The summed E-state index contributed by atoms with van der Waals surface area (Å²) in [6.45, 7) is 1.12. The van der Waals surface area contributed by atoms with Gasteiger partial charge in [-0.15, -0.1) is 0 Å². The van der Waals surface area contributed by atoms with E-state index in [9.17, 15) is 8.42 Å². The zero-order valence-electron chi connectivity index (χ0n) is 19.6. The van der Waals surface area contributed by atoms with E-state index in [2.05, 4.69) is 28.9 Å². The standard InChI is InChI=1S/C29H26N4O2S/c30-29(31)25-11-6-12-26(20-25)33(21-23-8-2-1-3-9-23)19-7-10-22-15-17-24(18-16-22)27-13-4-5-14-28(27)36(32,34)35/h1-6,8-9,11-18,20H,19,21H2,(H3,30,31)(H2,32,34,35). The Hall–Kier alpha value is -4.38. The van der Waals surface area contributed by atoms with Gasteiger partial charge in [0.1, 0.15) is 5.84 Å². The molecule has 0 aliphatic heterocycles. The molecular weight excluding hydrogens is 468 g/mol. The zero-order chi connectivity index (χ0) is 25.5. The van der Waals surface area contributed by atoms with Crippen molar-refractivity contribution in [3.63, 3.8) is 0 Å². The molecule has 0 heterocycles. The summed E-state index contributed by atoms with van der Waals surface area (Å²) in [4.78, 5) is 2.22. The predicted octanol–water partition coefficient (Wildman–Crippen LogP) is 4.34. The number of hydrogen-bond donors (Lipinski definition) is 3. The molecule has 0 aliphatic rings. The zero-order valence-corrected chi connectivity index (χ0v) is 20.4. The Labute approximate surface area is 211 Å². The minimum atomic E-state index is -3.83. The highest BCUT2D eigenvalue weighted by Gasteiger charge is 2.14. The molecule has 36 heavy (non-hydrogen) atoms. The molecule has 4 rings (SSSR count). The topological polar surface area (TPSA) is 113 Å². The molecule has 5 N–H and O–H groups in total. The van der Waals surface area contributed by atoms with Crippen LogP contribution in [0.25, 0.3) is 11.1 Å². The molecule has 0 saturated carbocycles. The van der Waals surface area contributed by atoms with Crippen LogP contribution in [0.5, 0.6) is 0 Å². The first kappa shape index (κ1) is 24.7. The van der Waals surface area contributed by atoms with Crippen LogP contribution in [0.3, 0.4) is 0 Å². The summed E-state index contributed by atoms with van der Waals surface area (Å²) in [6.07, 6.45) is 0. The van der Waals surface area contributed by atoms with E-state index >= 15 is 0 Å². The molecule has 0 bridgehead atoms. The molecule has 0 spiro atoms. The van der Waals surface area contributed by atoms with Crippen LogP contribution in [0.2, 0.25) is 0 Å². The lowest BCUT2D eigenvalue weighted by Crippen LogP contribution is -2.23. The van der Waals surface area contributed by atoms with Crippen LogP contribution in [-0.4, -0.2) is 20.8 Å². The molecule has 4 aromatic carbocycles. The van der Waals surface area contributed by atoms with Crippen LogP contribution >= 0.6 is 0 Å². The summed E-state index contributed by atoms with van der Waals surface area (Å²) >= 11 is 0. The van der Waals surface area contributed by atoms with E-state index in [0.717, 1.165) is 22.4 Å². The number of hydrogen-bond acceptors (Lipinski definition) is 4. The van der Waals surface area contributed by atoms with Crippen LogP contribution in [0.15, 0.2) is 108 Å². The number of benzene rings is 4. The van der Waals surface area contributed by atoms with Crippen LogP contribution in [0.4, 0.5) is 5.69 Å². The number of nitrogens with two attached hydrogens (primary N) is 2. The van der Waals surface area contributed by atoms with Crippen molar-refractivity contribution in [1.29, 1.82) is 5.41 Å². The summed E-state index contributed by atoms with van der Waals surface area (Å²) in [5, 5.41) is 13.1. The van der Waals surface area contributed by atoms with E-state index < -0.39 is 10.0 Å². The number of nitrogen functional groups attached to an aromatic ring is 1. The third kappa shape index (κ3) is 6.19. The van der Waals surface area contributed by atoms with Gasteiger partial charge in [0.05, 0.1) is 11.4 Å². The van der Waals surface area contributed by atoms with Gasteiger partial charge < -0.3 is 10.6 Å². The minimum Gasteiger partial charge on any atom is -0.384 e. The van der Waals surface area contributed by atoms with Gasteiger partial charge in [0.25, 0.3) is 0 Å². The van der Waals surface area contributed by atoms with Gasteiger partial charge in [-0.2, -0.15) is 0 Å².